The number of aromatic nitrogens is 2. The van der Waals surface area contributed by atoms with Crippen LogP contribution in [0.5, 0.6) is 5.75 Å². The predicted octanol–water partition coefficient (Wildman–Crippen LogP) is 2.69. The van der Waals surface area contributed by atoms with Crippen molar-refractivity contribution in [3.05, 3.63) is 53.9 Å². The van der Waals surface area contributed by atoms with E-state index in [1.54, 1.807) is 32.7 Å². The van der Waals surface area contributed by atoms with Gasteiger partial charge in [0, 0.05) is 19.9 Å². The standard InChI is InChI=1S/C19H22N2O4S/c1-24-9-8-21-13-20-16-11-14(12-17(25-2)19(16)21)10-15-6-4-5-7-18(15)26(3,22)23/h4-7,11-13H,8-10H2,1-3H3. The van der Waals surface area contributed by atoms with E-state index in [1.807, 2.05) is 28.8 Å². The molecule has 0 fully saturated rings. The summed E-state index contributed by atoms with van der Waals surface area (Å²) in [4.78, 5) is 4.81. The van der Waals surface area contributed by atoms with E-state index in [4.69, 9.17) is 9.47 Å². The maximum atomic E-state index is 12.0. The molecule has 0 N–H and O–H groups in total. The Morgan fingerprint density at radius 3 is 2.62 bits per heavy atom. The maximum absolute atomic E-state index is 12.0. The molecule has 0 unspecified atom stereocenters. The number of benzene rings is 2. The summed E-state index contributed by atoms with van der Waals surface area (Å²) in [5.74, 6) is 0.711. The normalized spacial score (nSPS) is 11.8. The lowest BCUT2D eigenvalue weighted by molar-refractivity contribution is 0.188. The van der Waals surface area contributed by atoms with E-state index in [0.29, 0.717) is 30.2 Å². The van der Waals surface area contributed by atoms with Crippen molar-refractivity contribution in [3.63, 3.8) is 0 Å². The van der Waals surface area contributed by atoms with Crippen molar-refractivity contribution >= 4 is 20.9 Å². The van der Waals surface area contributed by atoms with Crippen LogP contribution in [0.3, 0.4) is 0 Å². The van der Waals surface area contributed by atoms with Gasteiger partial charge >= 0.3 is 0 Å². The molecular formula is C19H22N2O4S. The summed E-state index contributed by atoms with van der Waals surface area (Å²) >= 11 is 0. The number of methoxy groups -OCH3 is 2. The fourth-order valence-corrected chi connectivity index (χ4v) is 4.02. The van der Waals surface area contributed by atoms with Crippen LogP contribution in [0.25, 0.3) is 11.0 Å². The number of hydrogen-bond acceptors (Lipinski definition) is 5. The van der Waals surface area contributed by atoms with Gasteiger partial charge in [-0.05, 0) is 35.7 Å². The fraction of sp³-hybridized carbons (Fsp3) is 0.316. The Kier molecular flexibility index (Phi) is 5.29. The Labute approximate surface area is 153 Å². The molecule has 0 aliphatic rings. The average molecular weight is 374 g/mol. The smallest absolute Gasteiger partial charge is 0.175 e. The lowest BCUT2D eigenvalue weighted by Gasteiger charge is -2.11. The van der Waals surface area contributed by atoms with Gasteiger partial charge in [0.2, 0.25) is 0 Å². The molecule has 6 nitrogen and oxygen atoms in total. The highest BCUT2D eigenvalue weighted by Crippen LogP contribution is 2.29. The van der Waals surface area contributed by atoms with Gasteiger partial charge in [-0.15, -0.1) is 0 Å². The Balaban J connectivity index is 2.03. The van der Waals surface area contributed by atoms with Crippen molar-refractivity contribution in [2.45, 2.75) is 17.9 Å². The highest BCUT2D eigenvalue weighted by Gasteiger charge is 2.15. The topological polar surface area (TPSA) is 70.4 Å². The molecule has 0 saturated carbocycles. The fourth-order valence-electron chi connectivity index (χ4n) is 3.07. The van der Waals surface area contributed by atoms with Gasteiger partial charge < -0.3 is 14.0 Å². The first-order valence-corrected chi connectivity index (χ1v) is 10.1. The Bertz CT molecular complexity index is 1030. The number of imidazole rings is 1. The molecule has 0 aliphatic heterocycles. The molecule has 0 amide bonds. The van der Waals surface area contributed by atoms with E-state index in [0.717, 1.165) is 22.2 Å². The molecule has 3 rings (SSSR count). The summed E-state index contributed by atoms with van der Waals surface area (Å²) in [6, 6.07) is 11.0. The second kappa shape index (κ2) is 7.47. The minimum Gasteiger partial charge on any atom is -0.494 e. The van der Waals surface area contributed by atoms with Crippen LogP contribution in [0.4, 0.5) is 0 Å². The van der Waals surface area contributed by atoms with Crippen molar-refractivity contribution in [3.8, 4) is 5.75 Å². The minimum atomic E-state index is -3.28. The summed E-state index contributed by atoms with van der Waals surface area (Å²) in [5, 5.41) is 0. The van der Waals surface area contributed by atoms with Crippen molar-refractivity contribution < 1.29 is 17.9 Å². The predicted molar refractivity (Wildman–Crippen MR) is 101 cm³/mol. The van der Waals surface area contributed by atoms with Crippen LogP contribution in [0.2, 0.25) is 0 Å². The van der Waals surface area contributed by atoms with E-state index in [9.17, 15) is 8.42 Å². The number of fused-ring (bicyclic) bond motifs is 1. The zero-order valence-corrected chi connectivity index (χ0v) is 15.9. The number of ether oxygens (including phenoxy) is 2. The van der Waals surface area contributed by atoms with Crippen LogP contribution < -0.4 is 4.74 Å². The highest BCUT2D eigenvalue weighted by atomic mass is 32.2. The largest absolute Gasteiger partial charge is 0.494 e. The minimum absolute atomic E-state index is 0.352. The molecule has 2 aromatic carbocycles. The second-order valence-electron chi connectivity index (χ2n) is 6.15. The Morgan fingerprint density at radius 1 is 1.15 bits per heavy atom. The molecule has 3 aromatic rings. The zero-order valence-electron chi connectivity index (χ0n) is 15.1. The molecule has 1 aromatic heterocycles. The zero-order chi connectivity index (χ0) is 18.7. The van der Waals surface area contributed by atoms with Crippen LogP contribution in [0, 0.1) is 0 Å². The molecule has 0 atom stereocenters. The molecule has 0 saturated heterocycles. The third kappa shape index (κ3) is 3.73. The number of hydrogen-bond donors (Lipinski definition) is 0. The SMILES string of the molecule is COCCn1cnc2cc(Cc3ccccc3S(C)(=O)=O)cc(OC)c21. The average Bonchev–Trinajstić information content (AvgIpc) is 3.01. The van der Waals surface area contributed by atoms with Gasteiger partial charge in [-0.3, -0.25) is 0 Å². The quantitative estimate of drug-likeness (QED) is 0.636. The number of rotatable bonds is 7. The third-order valence-corrected chi connectivity index (χ3v) is 5.46. The van der Waals surface area contributed by atoms with Gasteiger partial charge in [-0.25, -0.2) is 13.4 Å². The maximum Gasteiger partial charge on any atom is 0.175 e. The summed E-state index contributed by atoms with van der Waals surface area (Å²) in [6.07, 6.45) is 3.48. The van der Waals surface area contributed by atoms with E-state index < -0.39 is 9.84 Å². The van der Waals surface area contributed by atoms with E-state index in [-0.39, 0.29) is 0 Å². The first-order valence-electron chi connectivity index (χ1n) is 8.22. The molecule has 26 heavy (non-hydrogen) atoms. The van der Waals surface area contributed by atoms with Gasteiger partial charge in [0.25, 0.3) is 0 Å². The monoisotopic (exact) mass is 374 g/mol. The molecule has 0 radical (unpaired) electrons. The van der Waals surface area contributed by atoms with Gasteiger partial charge in [-0.1, -0.05) is 18.2 Å². The number of nitrogens with zero attached hydrogens (tertiary/aromatic N) is 2. The second-order valence-corrected chi connectivity index (χ2v) is 8.14. The van der Waals surface area contributed by atoms with Crippen molar-refractivity contribution in [2.24, 2.45) is 0 Å². The third-order valence-electron chi connectivity index (χ3n) is 4.26. The summed E-state index contributed by atoms with van der Waals surface area (Å²) in [6.45, 7) is 1.26. The van der Waals surface area contributed by atoms with Gasteiger partial charge in [-0.2, -0.15) is 0 Å². The molecular weight excluding hydrogens is 352 g/mol. The summed E-state index contributed by atoms with van der Waals surface area (Å²) in [5.41, 5.74) is 3.43. The van der Waals surface area contributed by atoms with Gasteiger partial charge in [0.1, 0.15) is 11.3 Å². The van der Waals surface area contributed by atoms with Crippen LogP contribution in [0.1, 0.15) is 11.1 Å². The lowest BCUT2D eigenvalue weighted by atomic mass is 10.0. The molecule has 0 bridgehead atoms. The Morgan fingerprint density at radius 2 is 1.92 bits per heavy atom. The number of sulfone groups is 1. The van der Waals surface area contributed by atoms with Crippen LogP contribution in [-0.4, -0.2) is 45.1 Å². The van der Waals surface area contributed by atoms with Crippen molar-refractivity contribution in [1.82, 2.24) is 9.55 Å². The lowest BCUT2D eigenvalue weighted by Crippen LogP contribution is -2.04. The van der Waals surface area contributed by atoms with Gasteiger partial charge in [0.15, 0.2) is 9.84 Å². The Hall–Kier alpha value is -2.38. The van der Waals surface area contributed by atoms with E-state index in [1.165, 1.54) is 6.26 Å². The first kappa shape index (κ1) is 18.4. The highest BCUT2D eigenvalue weighted by molar-refractivity contribution is 7.90. The summed E-state index contributed by atoms with van der Waals surface area (Å²) in [7, 11) is -0.000718. The molecule has 7 heteroatoms. The van der Waals surface area contributed by atoms with E-state index >= 15 is 0 Å². The first-order chi connectivity index (χ1) is 12.4. The molecule has 1 heterocycles. The van der Waals surface area contributed by atoms with E-state index in [2.05, 4.69) is 4.98 Å². The molecule has 138 valence electrons. The van der Waals surface area contributed by atoms with Crippen molar-refractivity contribution in [1.29, 1.82) is 0 Å². The summed E-state index contributed by atoms with van der Waals surface area (Å²) < 4.78 is 36.8. The molecule has 0 aliphatic carbocycles. The van der Waals surface area contributed by atoms with Gasteiger partial charge in [0.05, 0.1) is 30.5 Å². The van der Waals surface area contributed by atoms with Crippen LogP contribution in [0.15, 0.2) is 47.6 Å². The van der Waals surface area contributed by atoms with Crippen molar-refractivity contribution in [2.75, 3.05) is 27.1 Å². The molecule has 0 spiro atoms. The van der Waals surface area contributed by atoms with Crippen LogP contribution >= 0.6 is 0 Å². The van der Waals surface area contributed by atoms with Crippen LogP contribution in [-0.2, 0) is 27.5 Å².